The number of amides is 1. The molecule has 3 rings (SSSR count). The third-order valence-electron chi connectivity index (χ3n) is 3.90. The summed E-state index contributed by atoms with van der Waals surface area (Å²) in [5.41, 5.74) is 0.894. The summed E-state index contributed by atoms with van der Waals surface area (Å²) >= 11 is 0. The van der Waals surface area contributed by atoms with Crippen molar-refractivity contribution in [3.63, 3.8) is 0 Å². The lowest BCUT2D eigenvalue weighted by atomic mass is 10.1. The smallest absolute Gasteiger partial charge is 0.298 e. The van der Waals surface area contributed by atoms with Crippen molar-refractivity contribution in [2.24, 2.45) is 0 Å². The van der Waals surface area contributed by atoms with E-state index in [0.29, 0.717) is 12.1 Å². The summed E-state index contributed by atoms with van der Waals surface area (Å²) in [6.45, 7) is 1.63. The Kier molecular flexibility index (Phi) is 3.52. The van der Waals surface area contributed by atoms with Crippen LogP contribution in [0.3, 0.4) is 0 Å². The number of hydrogen-bond donors (Lipinski definition) is 1. The summed E-state index contributed by atoms with van der Waals surface area (Å²) in [6.07, 6.45) is 3.48. The van der Waals surface area contributed by atoms with E-state index in [1.807, 2.05) is 35.2 Å². The molecule has 2 fully saturated rings. The molecule has 3 nitrogen and oxygen atoms in total. The Morgan fingerprint density at radius 3 is 2.79 bits per heavy atom. The second-order valence-electron chi connectivity index (χ2n) is 5.29. The highest BCUT2D eigenvalue weighted by atomic mass is 16.2. The number of likely N-dealkylation sites (tertiary alicyclic amines) is 1. The second kappa shape index (κ2) is 5.46. The summed E-state index contributed by atoms with van der Waals surface area (Å²) in [4.78, 5) is 14.0. The van der Waals surface area contributed by atoms with Crippen molar-refractivity contribution in [3.05, 3.63) is 35.9 Å². The van der Waals surface area contributed by atoms with Crippen molar-refractivity contribution < 1.29 is 4.79 Å². The van der Waals surface area contributed by atoms with Gasteiger partial charge in [0.15, 0.2) is 0 Å². The van der Waals surface area contributed by atoms with Gasteiger partial charge >= 0.3 is 0 Å². The first-order valence-electron chi connectivity index (χ1n) is 6.93. The Hall–Kier alpha value is -1.79. The first-order chi connectivity index (χ1) is 9.31. The van der Waals surface area contributed by atoms with Crippen LogP contribution in [0.2, 0.25) is 0 Å². The lowest BCUT2D eigenvalue weighted by molar-refractivity contribution is -0.125. The van der Waals surface area contributed by atoms with E-state index in [0.717, 1.165) is 25.1 Å². The summed E-state index contributed by atoms with van der Waals surface area (Å²) in [6, 6.07) is 10.7. The molecule has 2 aliphatic rings. The molecule has 0 spiro atoms. The molecule has 98 valence electrons. The van der Waals surface area contributed by atoms with Crippen LogP contribution in [0.25, 0.3) is 0 Å². The van der Waals surface area contributed by atoms with Crippen LogP contribution in [0.4, 0.5) is 0 Å². The highest BCUT2D eigenvalue weighted by molar-refractivity contribution is 5.94. The van der Waals surface area contributed by atoms with Gasteiger partial charge in [-0.1, -0.05) is 24.1 Å². The van der Waals surface area contributed by atoms with E-state index in [1.165, 1.54) is 12.8 Å². The molecule has 2 atom stereocenters. The van der Waals surface area contributed by atoms with Gasteiger partial charge in [0.05, 0.1) is 0 Å². The molecule has 2 heterocycles. The van der Waals surface area contributed by atoms with E-state index in [2.05, 4.69) is 17.2 Å². The van der Waals surface area contributed by atoms with Crippen LogP contribution >= 0.6 is 0 Å². The van der Waals surface area contributed by atoms with Crippen LogP contribution in [-0.2, 0) is 4.79 Å². The van der Waals surface area contributed by atoms with Crippen molar-refractivity contribution in [3.8, 4) is 11.8 Å². The van der Waals surface area contributed by atoms with E-state index in [-0.39, 0.29) is 5.91 Å². The number of nitrogens with zero attached hydrogens (tertiary/aromatic N) is 1. The maximum Gasteiger partial charge on any atom is 0.298 e. The van der Waals surface area contributed by atoms with Gasteiger partial charge in [0.2, 0.25) is 0 Å². The first-order valence-corrected chi connectivity index (χ1v) is 6.93. The maximum absolute atomic E-state index is 12.1. The molecule has 2 bridgehead atoms. The van der Waals surface area contributed by atoms with Gasteiger partial charge in [0.1, 0.15) is 0 Å². The maximum atomic E-state index is 12.1. The van der Waals surface area contributed by atoms with Gasteiger partial charge in [-0.15, -0.1) is 0 Å². The molecule has 2 saturated heterocycles. The Balaban J connectivity index is 1.66. The molecule has 19 heavy (non-hydrogen) atoms. The summed E-state index contributed by atoms with van der Waals surface area (Å²) < 4.78 is 0. The molecular formula is C16H18N2O. The van der Waals surface area contributed by atoms with Crippen molar-refractivity contribution in [2.75, 3.05) is 13.1 Å². The Morgan fingerprint density at radius 1 is 1.16 bits per heavy atom. The predicted octanol–water partition coefficient (Wildman–Crippen LogP) is 1.39. The van der Waals surface area contributed by atoms with Crippen LogP contribution in [0.1, 0.15) is 24.8 Å². The van der Waals surface area contributed by atoms with Gasteiger partial charge in [-0.05, 0) is 31.4 Å². The predicted molar refractivity (Wildman–Crippen MR) is 74.5 cm³/mol. The first kappa shape index (κ1) is 12.3. The zero-order valence-electron chi connectivity index (χ0n) is 10.9. The summed E-state index contributed by atoms with van der Waals surface area (Å²) in [7, 11) is 0. The molecule has 2 unspecified atom stereocenters. The number of benzene rings is 1. The molecule has 0 aromatic heterocycles. The van der Waals surface area contributed by atoms with Gasteiger partial charge < -0.3 is 10.2 Å². The van der Waals surface area contributed by atoms with Gasteiger partial charge in [-0.2, -0.15) is 0 Å². The van der Waals surface area contributed by atoms with Crippen LogP contribution in [0.15, 0.2) is 30.3 Å². The van der Waals surface area contributed by atoms with Gasteiger partial charge in [-0.25, -0.2) is 0 Å². The highest BCUT2D eigenvalue weighted by Gasteiger charge is 2.30. The standard InChI is InChI=1S/C16H18N2O/c19-16(9-6-13-4-2-1-3-5-13)18-11-10-14-7-8-15(12-18)17-14/h1-5,14-15,17H,7-8,10-12H2. The van der Waals surface area contributed by atoms with Gasteiger partial charge in [-0.3, -0.25) is 4.79 Å². The third-order valence-corrected chi connectivity index (χ3v) is 3.90. The molecule has 1 amide bonds. The number of nitrogens with one attached hydrogen (secondary N) is 1. The van der Waals surface area contributed by atoms with Crippen molar-refractivity contribution >= 4 is 5.91 Å². The fourth-order valence-corrected chi connectivity index (χ4v) is 2.85. The number of carbonyl (C=O) groups excluding carboxylic acids is 1. The normalized spacial score (nSPS) is 25.4. The number of carbonyl (C=O) groups is 1. The van der Waals surface area contributed by atoms with Crippen molar-refractivity contribution in [1.82, 2.24) is 10.2 Å². The number of fused-ring (bicyclic) bond motifs is 2. The highest BCUT2D eigenvalue weighted by Crippen LogP contribution is 2.20. The van der Waals surface area contributed by atoms with E-state index in [9.17, 15) is 4.79 Å². The van der Waals surface area contributed by atoms with Gasteiger partial charge in [0.25, 0.3) is 5.91 Å². The molecule has 1 N–H and O–H groups in total. The SMILES string of the molecule is O=C(C#Cc1ccccc1)N1CCC2CCC(C1)N2. The van der Waals surface area contributed by atoms with Crippen LogP contribution < -0.4 is 5.32 Å². The Morgan fingerprint density at radius 2 is 1.95 bits per heavy atom. The number of hydrogen-bond acceptors (Lipinski definition) is 2. The van der Waals surface area contributed by atoms with E-state index in [1.54, 1.807) is 0 Å². The monoisotopic (exact) mass is 254 g/mol. The van der Waals surface area contributed by atoms with E-state index >= 15 is 0 Å². The average molecular weight is 254 g/mol. The lowest BCUT2D eigenvalue weighted by Gasteiger charge is -2.21. The number of rotatable bonds is 0. The van der Waals surface area contributed by atoms with Crippen LogP contribution in [-0.4, -0.2) is 36.0 Å². The molecule has 1 aromatic rings. The minimum Gasteiger partial charge on any atom is -0.330 e. The lowest BCUT2D eigenvalue weighted by Crippen LogP contribution is -2.38. The minimum atomic E-state index is -0.0433. The fourth-order valence-electron chi connectivity index (χ4n) is 2.85. The van der Waals surface area contributed by atoms with Crippen molar-refractivity contribution in [1.29, 1.82) is 0 Å². The molecule has 1 aromatic carbocycles. The zero-order chi connectivity index (χ0) is 13.1. The molecular weight excluding hydrogens is 236 g/mol. The van der Waals surface area contributed by atoms with Crippen LogP contribution in [0, 0.1) is 11.8 Å². The third kappa shape index (κ3) is 2.97. The average Bonchev–Trinajstić information content (AvgIpc) is 2.77. The molecule has 2 aliphatic heterocycles. The van der Waals surface area contributed by atoms with Crippen LogP contribution in [0.5, 0.6) is 0 Å². The summed E-state index contributed by atoms with van der Waals surface area (Å²) in [5.74, 6) is 5.67. The quantitative estimate of drug-likeness (QED) is 0.710. The zero-order valence-corrected chi connectivity index (χ0v) is 10.9. The molecule has 3 heteroatoms. The largest absolute Gasteiger partial charge is 0.330 e. The Labute approximate surface area is 114 Å². The topological polar surface area (TPSA) is 32.3 Å². The molecule has 0 radical (unpaired) electrons. The van der Waals surface area contributed by atoms with Crippen molar-refractivity contribution in [2.45, 2.75) is 31.3 Å². The Bertz CT molecular complexity index is 515. The second-order valence-corrected chi connectivity index (χ2v) is 5.29. The summed E-state index contributed by atoms with van der Waals surface area (Å²) in [5, 5.41) is 3.57. The molecule has 0 aliphatic carbocycles. The van der Waals surface area contributed by atoms with E-state index in [4.69, 9.17) is 0 Å². The fraction of sp³-hybridized carbons (Fsp3) is 0.438. The van der Waals surface area contributed by atoms with E-state index < -0.39 is 0 Å². The molecule has 0 saturated carbocycles. The minimum absolute atomic E-state index is 0.0433. The van der Waals surface area contributed by atoms with Gasteiger partial charge in [0, 0.05) is 36.7 Å².